The van der Waals surface area contributed by atoms with Crippen LogP contribution in [0.1, 0.15) is 10.4 Å². The standard InChI is InChI=1S/C17H13N5O2/c18-15-13-14(21-22-15)11-3-1-2-4-12(11)20-16(13)19-10-7-5-9(6-8-10)17(23)24/h1-8H,(H,19,20)(H,23,24)(H3,18,21,22). The lowest BCUT2D eigenvalue weighted by molar-refractivity contribution is 0.0697. The van der Waals surface area contributed by atoms with E-state index in [-0.39, 0.29) is 5.56 Å². The number of anilines is 3. The molecule has 0 saturated heterocycles. The summed E-state index contributed by atoms with van der Waals surface area (Å²) >= 11 is 0. The molecule has 0 unspecified atom stereocenters. The number of aromatic nitrogens is 3. The predicted molar refractivity (Wildman–Crippen MR) is 92.5 cm³/mol. The zero-order valence-electron chi connectivity index (χ0n) is 12.4. The number of H-pyrrole nitrogens is 1. The number of pyridine rings is 1. The van der Waals surface area contributed by atoms with E-state index in [2.05, 4.69) is 20.5 Å². The highest BCUT2D eigenvalue weighted by Gasteiger charge is 2.14. The van der Waals surface area contributed by atoms with Gasteiger partial charge in [-0.05, 0) is 30.3 Å². The molecule has 0 aliphatic heterocycles. The van der Waals surface area contributed by atoms with Crippen LogP contribution in [0.5, 0.6) is 0 Å². The van der Waals surface area contributed by atoms with E-state index in [4.69, 9.17) is 10.8 Å². The van der Waals surface area contributed by atoms with Crippen LogP contribution in [-0.4, -0.2) is 26.3 Å². The third-order valence-corrected chi connectivity index (χ3v) is 3.83. The fraction of sp³-hybridized carbons (Fsp3) is 0. The summed E-state index contributed by atoms with van der Waals surface area (Å²) in [5, 5.41) is 20.8. The third kappa shape index (κ3) is 2.19. The van der Waals surface area contributed by atoms with Crippen molar-refractivity contribution in [2.75, 3.05) is 11.1 Å². The second-order valence-electron chi connectivity index (χ2n) is 5.34. The van der Waals surface area contributed by atoms with Crippen LogP contribution in [0.2, 0.25) is 0 Å². The Hall–Kier alpha value is -3.61. The van der Waals surface area contributed by atoms with Crippen molar-refractivity contribution < 1.29 is 9.90 Å². The van der Waals surface area contributed by atoms with Gasteiger partial charge in [0.15, 0.2) is 5.82 Å². The molecule has 0 aliphatic carbocycles. The molecule has 2 aromatic carbocycles. The summed E-state index contributed by atoms with van der Waals surface area (Å²) in [5.74, 6) is -0.0437. The number of hydrogen-bond acceptors (Lipinski definition) is 5. The number of aromatic carboxylic acids is 1. The summed E-state index contributed by atoms with van der Waals surface area (Å²) in [7, 11) is 0. The minimum absolute atomic E-state index is 0.222. The maximum atomic E-state index is 10.9. The highest BCUT2D eigenvalue weighted by molar-refractivity contribution is 6.12. The van der Waals surface area contributed by atoms with Gasteiger partial charge in [-0.1, -0.05) is 18.2 Å². The molecule has 0 saturated carbocycles. The van der Waals surface area contributed by atoms with Gasteiger partial charge < -0.3 is 16.2 Å². The first kappa shape index (κ1) is 14.0. The maximum absolute atomic E-state index is 10.9. The van der Waals surface area contributed by atoms with Gasteiger partial charge in [0, 0.05) is 11.1 Å². The van der Waals surface area contributed by atoms with E-state index in [1.54, 1.807) is 12.1 Å². The Labute approximate surface area is 136 Å². The lowest BCUT2D eigenvalue weighted by Crippen LogP contribution is -1.99. The summed E-state index contributed by atoms with van der Waals surface area (Å²) in [6.45, 7) is 0. The number of carbonyl (C=O) groups is 1. The lowest BCUT2D eigenvalue weighted by Gasteiger charge is -2.09. The molecule has 7 nitrogen and oxygen atoms in total. The van der Waals surface area contributed by atoms with Gasteiger partial charge in [0.25, 0.3) is 0 Å². The number of aromatic amines is 1. The summed E-state index contributed by atoms with van der Waals surface area (Å²) < 4.78 is 0. The number of para-hydroxylation sites is 1. The van der Waals surface area contributed by atoms with Crippen molar-refractivity contribution in [3.05, 3.63) is 54.1 Å². The third-order valence-electron chi connectivity index (χ3n) is 3.83. The summed E-state index contributed by atoms with van der Waals surface area (Å²) in [5.41, 5.74) is 8.53. The molecular weight excluding hydrogens is 306 g/mol. The molecule has 7 heteroatoms. The minimum Gasteiger partial charge on any atom is -0.478 e. The van der Waals surface area contributed by atoms with Crippen molar-refractivity contribution >= 4 is 45.1 Å². The van der Waals surface area contributed by atoms with E-state index in [0.717, 1.165) is 16.4 Å². The molecule has 4 aromatic rings. The zero-order chi connectivity index (χ0) is 16.7. The number of nitrogen functional groups attached to an aromatic ring is 1. The average molecular weight is 319 g/mol. The quantitative estimate of drug-likeness (QED) is 0.461. The monoisotopic (exact) mass is 319 g/mol. The molecule has 5 N–H and O–H groups in total. The van der Waals surface area contributed by atoms with Gasteiger partial charge >= 0.3 is 5.97 Å². The second kappa shape index (κ2) is 5.24. The fourth-order valence-electron chi connectivity index (χ4n) is 2.67. The SMILES string of the molecule is Nc1n[nH]c2c1c(Nc1ccc(C(=O)O)cc1)nc1ccccc12. The van der Waals surface area contributed by atoms with Crippen LogP contribution in [0.15, 0.2) is 48.5 Å². The van der Waals surface area contributed by atoms with Gasteiger partial charge in [0.1, 0.15) is 5.82 Å². The Balaban J connectivity index is 1.85. The van der Waals surface area contributed by atoms with Crippen LogP contribution in [0.4, 0.5) is 17.3 Å². The first-order valence-electron chi connectivity index (χ1n) is 7.26. The van der Waals surface area contributed by atoms with E-state index in [1.807, 2.05) is 24.3 Å². The van der Waals surface area contributed by atoms with Crippen LogP contribution >= 0.6 is 0 Å². The van der Waals surface area contributed by atoms with Crippen LogP contribution in [-0.2, 0) is 0 Å². The van der Waals surface area contributed by atoms with Crippen molar-refractivity contribution in [2.45, 2.75) is 0 Å². The Bertz CT molecular complexity index is 1070. The Morgan fingerprint density at radius 1 is 1.12 bits per heavy atom. The molecule has 4 rings (SSSR count). The molecule has 2 heterocycles. The Morgan fingerprint density at radius 2 is 1.88 bits per heavy atom. The highest BCUT2D eigenvalue weighted by Crippen LogP contribution is 2.32. The first-order valence-corrected chi connectivity index (χ1v) is 7.26. The number of nitrogens with zero attached hydrogens (tertiary/aromatic N) is 2. The number of carboxylic acids is 1. The smallest absolute Gasteiger partial charge is 0.335 e. The number of nitrogens with one attached hydrogen (secondary N) is 2. The molecule has 0 radical (unpaired) electrons. The predicted octanol–water partition coefficient (Wildman–Crippen LogP) is 3.14. The van der Waals surface area contributed by atoms with Crippen LogP contribution in [0, 0.1) is 0 Å². The van der Waals surface area contributed by atoms with Gasteiger partial charge in [0.05, 0.1) is 22.0 Å². The summed E-state index contributed by atoms with van der Waals surface area (Å²) in [6.07, 6.45) is 0. The van der Waals surface area contributed by atoms with Gasteiger partial charge in [-0.15, -0.1) is 0 Å². The number of carboxylic acid groups (broad SMARTS) is 1. The van der Waals surface area contributed by atoms with Crippen LogP contribution < -0.4 is 11.1 Å². The molecule has 0 atom stereocenters. The first-order chi connectivity index (χ1) is 11.6. The molecule has 0 amide bonds. The molecule has 118 valence electrons. The van der Waals surface area contributed by atoms with Crippen LogP contribution in [0.3, 0.4) is 0 Å². The minimum atomic E-state index is -0.966. The van der Waals surface area contributed by atoms with Gasteiger partial charge in [0.2, 0.25) is 0 Å². The number of rotatable bonds is 3. The van der Waals surface area contributed by atoms with Crippen molar-refractivity contribution in [1.82, 2.24) is 15.2 Å². The van der Waals surface area contributed by atoms with Gasteiger partial charge in [-0.3, -0.25) is 5.10 Å². The second-order valence-corrected chi connectivity index (χ2v) is 5.34. The van der Waals surface area contributed by atoms with Crippen molar-refractivity contribution in [3.8, 4) is 0 Å². The number of nitrogens with two attached hydrogens (primary N) is 1. The van der Waals surface area contributed by atoms with Crippen LogP contribution in [0.25, 0.3) is 21.8 Å². The topological polar surface area (TPSA) is 117 Å². The molecule has 0 fully saturated rings. The molecule has 0 aliphatic rings. The largest absolute Gasteiger partial charge is 0.478 e. The summed E-state index contributed by atoms with van der Waals surface area (Å²) in [4.78, 5) is 15.6. The summed E-state index contributed by atoms with van der Waals surface area (Å²) in [6, 6.07) is 14.1. The maximum Gasteiger partial charge on any atom is 0.335 e. The molecule has 24 heavy (non-hydrogen) atoms. The van der Waals surface area contributed by atoms with E-state index in [0.29, 0.717) is 22.7 Å². The molecule has 2 aromatic heterocycles. The van der Waals surface area contributed by atoms with Crippen molar-refractivity contribution in [1.29, 1.82) is 0 Å². The number of hydrogen-bond donors (Lipinski definition) is 4. The molecule has 0 spiro atoms. The van der Waals surface area contributed by atoms with E-state index in [1.165, 1.54) is 12.1 Å². The highest BCUT2D eigenvalue weighted by atomic mass is 16.4. The Morgan fingerprint density at radius 3 is 2.62 bits per heavy atom. The van der Waals surface area contributed by atoms with Gasteiger partial charge in [-0.25, -0.2) is 9.78 Å². The van der Waals surface area contributed by atoms with Crippen molar-refractivity contribution in [2.24, 2.45) is 0 Å². The van der Waals surface area contributed by atoms with Gasteiger partial charge in [-0.2, -0.15) is 5.10 Å². The van der Waals surface area contributed by atoms with E-state index in [9.17, 15) is 4.79 Å². The zero-order valence-corrected chi connectivity index (χ0v) is 12.4. The van der Waals surface area contributed by atoms with E-state index >= 15 is 0 Å². The molecular formula is C17H13N5O2. The Kier molecular flexibility index (Phi) is 3.06. The normalized spacial score (nSPS) is 11.0. The fourth-order valence-corrected chi connectivity index (χ4v) is 2.67. The molecule has 0 bridgehead atoms. The average Bonchev–Trinajstić information content (AvgIpc) is 2.98. The lowest BCUT2D eigenvalue weighted by atomic mass is 10.1. The van der Waals surface area contributed by atoms with Crippen molar-refractivity contribution in [3.63, 3.8) is 0 Å². The number of fused-ring (bicyclic) bond motifs is 3. The number of benzene rings is 2. The van der Waals surface area contributed by atoms with E-state index < -0.39 is 5.97 Å².